The van der Waals surface area contributed by atoms with Crippen LogP contribution in [0.1, 0.15) is 18.9 Å². The van der Waals surface area contributed by atoms with Crippen molar-refractivity contribution in [2.45, 2.75) is 36.4 Å². The number of thioether (sulfide) groups is 1. The van der Waals surface area contributed by atoms with Gasteiger partial charge in [0, 0.05) is 29.7 Å². The lowest BCUT2D eigenvalue weighted by Crippen LogP contribution is -2.13. The van der Waals surface area contributed by atoms with Crippen molar-refractivity contribution in [2.24, 2.45) is 0 Å². The van der Waals surface area contributed by atoms with Crippen molar-refractivity contribution in [3.05, 3.63) is 60.3 Å². The third-order valence-electron chi connectivity index (χ3n) is 4.49. The molecule has 5 nitrogen and oxygen atoms in total. The summed E-state index contributed by atoms with van der Waals surface area (Å²) in [5.41, 5.74) is 3.44. The normalized spacial score (nSPS) is 13.5. The Labute approximate surface area is 163 Å². The number of hydrogen-bond acceptors (Lipinski definition) is 4. The van der Waals surface area contributed by atoms with Gasteiger partial charge in [-0.1, -0.05) is 49.4 Å². The monoisotopic (exact) mass is 399 g/mol. The molecule has 0 fully saturated rings. The summed E-state index contributed by atoms with van der Waals surface area (Å²) < 4.78 is 30.2. The highest BCUT2D eigenvalue weighted by Crippen LogP contribution is 2.30. The van der Waals surface area contributed by atoms with Crippen LogP contribution in [0.5, 0.6) is 0 Å². The zero-order chi connectivity index (χ0) is 18.9. The summed E-state index contributed by atoms with van der Waals surface area (Å²) in [5, 5.41) is 1.02. The standard InChI is InChI=1S/C20H21N3O2S2/c1-2-4-15-7-9-18(10-8-15)27(24,25)22-17-6-3-5-16(13-17)19-14-23-11-12-26-20(23)21-19/h3,5-10,13-14,22H,2,4,11-12H2,1H3. The SMILES string of the molecule is CCCc1ccc(S(=O)(=O)Nc2cccc(-c3cn4c(n3)SCC4)c2)cc1. The van der Waals surface area contributed by atoms with Gasteiger partial charge < -0.3 is 4.57 Å². The number of imidazole rings is 1. The maximum atomic E-state index is 12.7. The van der Waals surface area contributed by atoms with Crippen LogP contribution in [0.4, 0.5) is 5.69 Å². The minimum Gasteiger partial charge on any atom is -0.325 e. The van der Waals surface area contributed by atoms with Crippen molar-refractivity contribution < 1.29 is 8.42 Å². The maximum absolute atomic E-state index is 12.7. The molecule has 4 rings (SSSR count). The zero-order valence-corrected chi connectivity index (χ0v) is 16.7. The molecule has 1 aliphatic rings. The molecule has 2 aromatic carbocycles. The lowest BCUT2D eigenvalue weighted by atomic mass is 10.1. The molecule has 0 bridgehead atoms. The van der Waals surface area contributed by atoms with E-state index in [1.165, 1.54) is 0 Å². The van der Waals surface area contributed by atoms with Gasteiger partial charge in [-0.25, -0.2) is 13.4 Å². The molecule has 140 valence electrons. The first-order valence-electron chi connectivity index (χ1n) is 8.97. The molecule has 0 spiro atoms. The minimum atomic E-state index is -3.62. The molecule has 7 heteroatoms. The van der Waals surface area contributed by atoms with Gasteiger partial charge in [0.1, 0.15) is 0 Å². The summed E-state index contributed by atoms with van der Waals surface area (Å²) in [6.45, 7) is 3.07. The quantitative estimate of drug-likeness (QED) is 0.667. The largest absolute Gasteiger partial charge is 0.325 e. The maximum Gasteiger partial charge on any atom is 0.261 e. The van der Waals surface area contributed by atoms with Crippen LogP contribution in [0.15, 0.2) is 64.8 Å². The highest BCUT2D eigenvalue weighted by molar-refractivity contribution is 7.99. The third-order valence-corrected chi connectivity index (χ3v) is 6.85. The Hall–Kier alpha value is -2.25. The van der Waals surface area contributed by atoms with Crippen molar-refractivity contribution in [1.82, 2.24) is 9.55 Å². The van der Waals surface area contributed by atoms with E-state index in [9.17, 15) is 8.42 Å². The molecule has 1 N–H and O–H groups in total. The Kier molecular flexibility index (Phi) is 4.97. The molecule has 3 aromatic rings. The van der Waals surface area contributed by atoms with Gasteiger partial charge in [-0.15, -0.1) is 0 Å². The van der Waals surface area contributed by atoms with E-state index in [4.69, 9.17) is 0 Å². The van der Waals surface area contributed by atoms with E-state index >= 15 is 0 Å². The van der Waals surface area contributed by atoms with Crippen LogP contribution in [0, 0.1) is 0 Å². The molecule has 2 heterocycles. The van der Waals surface area contributed by atoms with Gasteiger partial charge in [0.15, 0.2) is 5.16 Å². The fourth-order valence-electron chi connectivity index (χ4n) is 3.13. The Morgan fingerprint density at radius 1 is 1.19 bits per heavy atom. The van der Waals surface area contributed by atoms with E-state index in [0.717, 1.165) is 47.1 Å². The summed E-state index contributed by atoms with van der Waals surface area (Å²) in [4.78, 5) is 4.90. The Bertz CT molecular complexity index is 1040. The molecular weight excluding hydrogens is 378 g/mol. The molecule has 1 aromatic heterocycles. The van der Waals surface area contributed by atoms with Crippen LogP contribution in [-0.2, 0) is 23.0 Å². The number of aromatic nitrogens is 2. The van der Waals surface area contributed by atoms with Crippen LogP contribution in [0.3, 0.4) is 0 Å². The van der Waals surface area contributed by atoms with Crippen molar-refractivity contribution in [3.63, 3.8) is 0 Å². The van der Waals surface area contributed by atoms with Crippen molar-refractivity contribution in [1.29, 1.82) is 0 Å². The van der Waals surface area contributed by atoms with Crippen molar-refractivity contribution in [2.75, 3.05) is 10.5 Å². The van der Waals surface area contributed by atoms with Gasteiger partial charge in [0.05, 0.1) is 10.6 Å². The van der Waals surface area contributed by atoms with E-state index in [0.29, 0.717) is 5.69 Å². The highest BCUT2D eigenvalue weighted by Gasteiger charge is 2.17. The fourth-order valence-corrected chi connectivity index (χ4v) is 5.12. The first-order chi connectivity index (χ1) is 13.0. The van der Waals surface area contributed by atoms with Crippen LogP contribution in [0.25, 0.3) is 11.3 Å². The molecule has 0 amide bonds. The Balaban J connectivity index is 1.56. The van der Waals surface area contributed by atoms with Crippen LogP contribution < -0.4 is 4.72 Å². The summed E-state index contributed by atoms with van der Waals surface area (Å²) in [5.74, 6) is 1.06. The Morgan fingerprint density at radius 3 is 2.74 bits per heavy atom. The highest BCUT2D eigenvalue weighted by atomic mass is 32.2. The van der Waals surface area contributed by atoms with Gasteiger partial charge in [-0.3, -0.25) is 4.72 Å². The third kappa shape index (κ3) is 3.89. The number of hydrogen-bond donors (Lipinski definition) is 1. The van der Waals surface area contributed by atoms with Gasteiger partial charge >= 0.3 is 0 Å². The van der Waals surface area contributed by atoms with E-state index in [-0.39, 0.29) is 4.90 Å². The second kappa shape index (κ2) is 7.40. The van der Waals surface area contributed by atoms with E-state index in [1.54, 1.807) is 30.0 Å². The number of fused-ring (bicyclic) bond motifs is 1. The molecule has 0 atom stereocenters. The molecule has 0 saturated carbocycles. The molecule has 0 radical (unpaired) electrons. The average Bonchev–Trinajstić information content (AvgIpc) is 3.24. The molecule has 0 saturated heterocycles. The van der Waals surface area contributed by atoms with Gasteiger partial charge in [0.2, 0.25) is 0 Å². The summed E-state index contributed by atoms with van der Waals surface area (Å²) in [6, 6.07) is 14.4. The van der Waals surface area contributed by atoms with Crippen molar-refractivity contribution in [3.8, 4) is 11.3 Å². The zero-order valence-electron chi connectivity index (χ0n) is 15.1. The predicted molar refractivity (Wildman–Crippen MR) is 110 cm³/mol. The lowest BCUT2D eigenvalue weighted by molar-refractivity contribution is 0.601. The van der Waals surface area contributed by atoms with Crippen LogP contribution in [0.2, 0.25) is 0 Å². The number of nitrogens with one attached hydrogen (secondary N) is 1. The number of rotatable bonds is 6. The van der Waals surface area contributed by atoms with Gasteiger partial charge in [-0.2, -0.15) is 0 Å². The summed E-state index contributed by atoms with van der Waals surface area (Å²) >= 11 is 1.74. The van der Waals surface area contributed by atoms with Gasteiger partial charge in [-0.05, 0) is 36.2 Å². The Morgan fingerprint density at radius 2 is 2.00 bits per heavy atom. The van der Waals surface area contributed by atoms with Crippen LogP contribution in [-0.4, -0.2) is 23.7 Å². The molecular formula is C20H21N3O2S2. The van der Waals surface area contributed by atoms with Crippen molar-refractivity contribution >= 4 is 27.5 Å². The molecule has 0 unspecified atom stereocenters. The summed E-state index contributed by atoms with van der Waals surface area (Å²) in [7, 11) is -3.62. The molecule has 0 aliphatic carbocycles. The van der Waals surface area contributed by atoms with E-state index in [2.05, 4.69) is 21.2 Å². The number of nitrogens with zero attached hydrogens (tertiary/aromatic N) is 2. The van der Waals surface area contributed by atoms with E-state index < -0.39 is 10.0 Å². The van der Waals surface area contributed by atoms with E-state index in [1.807, 2.05) is 36.5 Å². The number of anilines is 1. The fraction of sp³-hybridized carbons (Fsp3) is 0.250. The topological polar surface area (TPSA) is 64.0 Å². The second-order valence-corrected chi connectivity index (χ2v) is 9.28. The average molecular weight is 400 g/mol. The number of sulfonamides is 1. The summed E-state index contributed by atoms with van der Waals surface area (Å²) in [6.07, 6.45) is 4.01. The number of benzene rings is 2. The second-order valence-electron chi connectivity index (χ2n) is 6.53. The van der Waals surface area contributed by atoms with Gasteiger partial charge in [0.25, 0.3) is 10.0 Å². The predicted octanol–water partition coefficient (Wildman–Crippen LogP) is 4.41. The first kappa shape index (κ1) is 18.1. The minimum absolute atomic E-state index is 0.269. The first-order valence-corrected chi connectivity index (χ1v) is 11.4. The molecule has 1 aliphatic heterocycles. The smallest absolute Gasteiger partial charge is 0.261 e. The number of aryl methyl sites for hydroxylation is 2. The molecule has 27 heavy (non-hydrogen) atoms. The lowest BCUT2D eigenvalue weighted by Gasteiger charge is -2.10. The van der Waals surface area contributed by atoms with Crippen LogP contribution >= 0.6 is 11.8 Å².